The number of carboxylic acid groups (broad SMARTS) is 1. The molecule has 2 rings (SSSR count). The van der Waals surface area contributed by atoms with Gasteiger partial charge in [-0.3, -0.25) is 13.7 Å². The summed E-state index contributed by atoms with van der Waals surface area (Å²) in [4.78, 5) is 11.5. The second-order valence-electron chi connectivity index (χ2n) is 7.01. The SMILES string of the molecule is O=C(O)C1OCC(OS(=O)(=O)O)[C@@H](O)[C@H]1O[C@@H]1OC(COS(=O)(=O)O)C[C@H](O)C1NS(=O)(=O)O. The molecule has 4 unspecified atom stereocenters. The molecule has 0 aliphatic carbocycles. The Bertz CT molecular complexity index is 1040. The van der Waals surface area contributed by atoms with Crippen LogP contribution in [0.5, 0.6) is 0 Å². The molecule has 200 valence electrons. The summed E-state index contributed by atoms with van der Waals surface area (Å²) < 4.78 is 118. The molecular formula is C12H21NO18S3. The Hall–Kier alpha value is -1.12. The van der Waals surface area contributed by atoms with Crippen molar-refractivity contribution in [3.05, 3.63) is 0 Å². The number of hydrogen-bond acceptors (Lipinski definition) is 14. The molecule has 2 saturated heterocycles. The maximum atomic E-state index is 11.5. The van der Waals surface area contributed by atoms with Crippen LogP contribution in [0, 0.1) is 0 Å². The fraction of sp³-hybridized carbons (Fsp3) is 0.917. The zero-order valence-electron chi connectivity index (χ0n) is 16.5. The van der Waals surface area contributed by atoms with Gasteiger partial charge in [-0.1, -0.05) is 0 Å². The van der Waals surface area contributed by atoms with Gasteiger partial charge in [-0.15, -0.1) is 0 Å². The summed E-state index contributed by atoms with van der Waals surface area (Å²) in [6.07, 6.45) is -14.1. The number of aliphatic hydroxyl groups is 2. The standard InChI is InChI=1S/C12H21NO18S3/c14-5-1-4(2-28-33(21,22)23)29-12(7(5)13-32(18,19)20)30-9-8(15)6(31-34(24,25)26)3-27-10(9)11(16)17/h4-10,12-15H,1-3H2,(H,16,17)(H,18,19,20)(H,21,22,23)(H,24,25,26)/t4?,5-,6?,7?,8+,9+,10?,12-/m0/s1. The molecule has 2 heterocycles. The van der Waals surface area contributed by atoms with Crippen molar-refractivity contribution in [2.75, 3.05) is 13.2 Å². The van der Waals surface area contributed by atoms with Crippen molar-refractivity contribution in [2.45, 2.75) is 55.4 Å². The summed E-state index contributed by atoms with van der Waals surface area (Å²) in [6.45, 7) is -1.79. The Morgan fingerprint density at radius 3 is 2.15 bits per heavy atom. The number of rotatable bonds is 10. The highest BCUT2D eigenvalue weighted by molar-refractivity contribution is 7.83. The van der Waals surface area contributed by atoms with Crippen LogP contribution in [0.4, 0.5) is 0 Å². The van der Waals surface area contributed by atoms with Crippen LogP contribution in [-0.2, 0) is 58.5 Å². The predicted octanol–water partition coefficient (Wildman–Crippen LogP) is -4.54. The van der Waals surface area contributed by atoms with Crippen molar-refractivity contribution in [3.63, 3.8) is 0 Å². The molecule has 0 radical (unpaired) electrons. The van der Waals surface area contributed by atoms with Crippen LogP contribution in [0.1, 0.15) is 6.42 Å². The van der Waals surface area contributed by atoms with Crippen LogP contribution in [0.15, 0.2) is 0 Å². The van der Waals surface area contributed by atoms with E-state index in [1.807, 2.05) is 0 Å². The molecule has 0 bridgehead atoms. The number of carboxylic acids is 1. The van der Waals surface area contributed by atoms with Gasteiger partial charge in [-0.05, 0) is 0 Å². The van der Waals surface area contributed by atoms with E-state index in [1.165, 1.54) is 4.72 Å². The monoisotopic (exact) mass is 563 g/mol. The Morgan fingerprint density at radius 2 is 1.65 bits per heavy atom. The van der Waals surface area contributed by atoms with E-state index in [0.717, 1.165) is 0 Å². The maximum absolute atomic E-state index is 11.5. The van der Waals surface area contributed by atoms with Crippen LogP contribution < -0.4 is 4.72 Å². The highest BCUT2D eigenvalue weighted by Crippen LogP contribution is 2.29. The van der Waals surface area contributed by atoms with E-state index < -0.39 is 106 Å². The molecule has 2 aliphatic heterocycles. The Balaban J connectivity index is 2.33. The number of ether oxygens (including phenoxy) is 3. The summed E-state index contributed by atoms with van der Waals surface area (Å²) in [5.41, 5.74) is 0. The van der Waals surface area contributed by atoms with Crippen molar-refractivity contribution in [1.29, 1.82) is 0 Å². The van der Waals surface area contributed by atoms with Crippen LogP contribution in [-0.4, -0.2) is 122 Å². The van der Waals surface area contributed by atoms with E-state index in [-0.39, 0.29) is 0 Å². The summed E-state index contributed by atoms with van der Waals surface area (Å²) in [5, 5.41) is 30.0. The topological polar surface area (TPSA) is 299 Å². The van der Waals surface area contributed by atoms with Crippen molar-refractivity contribution < 1.29 is 81.6 Å². The fourth-order valence-electron chi connectivity index (χ4n) is 3.16. The lowest BCUT2D eigenvalue weighted by molar-refractivity contribution is -0.291. The van der Waals surface area contributed by atoms with E-state index >= 15 is 0 Å². The van der Waals surface area contributed by atoms with E-state index in [1.54, 1.807) is 0 Å². The second kappa shape index (κ2) is 10.9. The molecule has 0 aromatic rings. The quantitative estimate of drug-likeness (QED) is 0.123. The van der Waals surface area contributed by atoms with Crippen molar-refractivity contribution in [1.82, 2.24) is 4.72 Å². The molecule has 22 heteroatoms. The minimum Gasteiger partial charge on any atom is -0.479 e. The van der Waals surface area contributed by atoms with Crippen molar-refractivity contribution >= 4 is 37.1 Å². The minimum absolute atomic E-state index is 0.552. The zero-order chi connectivity index (χ0) is 26.1. The average molecular weight is 563 g/mol. The third-order valence-electron chi connectivity index (χ3n) is 4.46. The van der Waals surface area contributed by atoms with Crippen molar-refractivity contribution in [2.24, 2.45) is 0 Å². The largest absolute Gasteiger partial charge is 0.479 e. The highest BCUT2D eigenvalue weighted by Gasteiger charge is 2.50. The minimum atomic E-state index is -5.16. The summed E-state index contributed by atoms with van der Waals surface area (Å²) in [6, 6.07) is -1.89. The van der Waals surface area contributed by atoms with Crippen LogP contribution in [0.25, 0.3) is 0 Å². The number of carbonyl (C=O) groups is 1. The Morgan fingerprint density at radius 1 is 1.03 bits per heavy atom. The first-order valence-electron chi connectivity index (χ1n) is 8.90. The molecule has 0 saturated carbocycles. The van der Waals surface area contributed by atoms with E-state index in [9.17, 15) is 45.4 Å². The molecule has 0 spiro atoms. The van der Waals surface area contributed by atoms with Crippen molar-refractivity contribution in [3.8, 4) is 0 Å². The normalized spacial score (nSPS) is 35.7. The number of hydrogen-bond donors (Lipinski definition) is 7. The first-order valence-corrected chi connectivity index (χ1v) is 13.1. The second-order valence-corrected chi connectivity index (χ2v) is 10.3. The Labute approximate surface area is 192 Å². The molecule has 7 N–H and O–H groups in total. The van der Waals surface area contributed by atoms with Gasteiger partial charge >= 0.3 is 37.1 Å². The molecule has 19 nitrogen and oxygen atoms in total. The molecular weight excluding hydrogens is 542 g/mol. The third kappa shape index (κ3) is 8.83. The molecule has 0 aromatic carbocycles. The van der Waals surface area contributed by atoms with E-state index in [4.69, 9.17) is 27.9 Å². The van der Waals surface area contributed by atoms with Crippen LogP contribution >= 0.6 is 0 Å². The van der Waals surface area contributed by atoms with Gasteiger partial charge in [0.1, 0.15) is 24.4 Å². The highest BCUT2D eigenvalue weighted by atomic mass is 32.3. The van der Waals surface area contributed by atoms with Gasteiger partial charge in [-0.25, -0.2) is 13.2 Å². The smallest absolute Gasteiger partial charge is 0.397 e. The van der Waals surface area contributed by atoms with Crippen LogP contribution in [0.2, 0.25) is 0 Å². The molecule has 34 heavy (non-hydrogen) atoms. The molecule has 2 aliphatic rings. The van der Waals surface area contributed by atoms with Gasteiger partial charge in [0.05, 0.1) is 25.4 Å². The summed E-state index contributed by atoms with van der Waals surface area (Å²) in [7, 11) is -15.2. The lowest BCUT2D eigenvalue weighted by Gasteiger charge is -2.43. The first kappa shape index (κ1) is 29.1. The van der Waals surface area contributed by atoms with Gasteiger partial charge in [0.15, 0.2) is 12.4 Å². The van der Waals surface area contributed by atoms with Gasteiger partial charge < -0.3 is 29.5 Å². The number of aliphatic carboxylic acids is 1. The zero-order valence-corrected chi connectivity index (χ0v) is 19.0. The van der Waals surface area contributed by atoms with Gasteiger partial charge in [0.25, 0.3) is 0 Å². The molecule has 0 amide bonds. The number of nitrogens with one attached hydrogen (secondary N) is 1. The summed E-state index contributed by atoms with van der Waals surface area (Å²) in [5.74, 6) is -1.75. The first-order chi connectivity index (χ1) is 15.4. The lowest BCUT2D eigenvalue weighted by atomic mass is 9.98. The fourth-order valence-corrected chi connectivity index (χ4v) is 4.58. The average Bonchev–Trinajstić information content (AvgIpc) is 2.63. The van der Waals surface area contributed by atoms with E-state index in [2.05, 4.69) is 8.37 Å². The van der Waals surface area contributed by atoms with Gasteiger partial charge in [0, 0.05) is 6.42 Å². The summed E-state index contributed by atoms with van der Waals surface area (Å²) >= 11 is 0. The molecule has 0 aromatic heterocycles. The van der Waals surface area contributed by atoms with Crippen LogP contribution in [0.3, 0.4) is 0 Å². The Kier molecular flexibility index (Phi) is 9.31. The third-order valence-corrected chi connectivity index (χ3v) is 5.96. The van der Waals surface area contributed by atoms with Gasteiger partial charge in [-0.2, -0.15) is 30.0 Å². The predicted molar refractivity (Wildman–Crippen MR) is 99.9 cm³/mol. The molecule has 2 fully saturated rings. The maximum Gasteiger partial charge on any atom is 0.397 e. The van der Waals surface area contributed by atoms with E-state index in [0.29, 0.717) is 0 Å². The lowest BCUT2D eigenvalue weighted by Crippen LogP contribution is -2.63. The number of aliphatic hydroxyl groups excluding tert-OH is 2. The molecule has 8 atom stereocenters. The van der Waals surface area contributed by atoms with Gasteiger partial charge in [0.2, 0.25) is 0 Å².